The smallest absolute Gasteiger partial charge is 0.351 e. The number of carboxylic acid groups (broad SMARTS) is 2. The van der Waals surface area contributed by atoms with Crippen LogP contribution in [0, 0.1) is 12.3 Å². The molecule has 0 heterocycles. The fraction of sp³-hybridized carbons (Fsp3) is 0.217. The van der Waals surface area contributed by atoms with Crippen molar-refractivity contribution in [2.24, 2.45) is 0 Å². The summed E-state index contributed by atoms with van der Waals surface area (Å²) in [4.78, 5) is 19.3. The first kappa shape index (κ1) is 24.3. The number of aliphatic carboxylic acids is 2. The van der Waals surface area contributed by atoms with Crippen LogP contribution in [0.25, 0.3) is 5.57 Å². The highest BCUT2D eigenvalue weighted by Crippen LogP contribution is 2.19. The number of hydrogen-bond donors (Lipinski definition) is 2. The number of terminal acetylenes is 1. The zero-order valence-electron chi connectivity index (χ0n) is 17.0. The molecule has 7 nitrogen and oxygen atoms in total. The Labute approximate surface area is 176 Å². The standard InChI is InChI=1S/C21H23NO2.C2H2O4/c1-5-13-22(3)15-17(2)19-8-6-7-18(14-19)16-24-21-11-9-20(23-4)10-12-21;3-1(4)2(5)6/h1,6-12,14H,2,13,15-16H2,3-4H3;(H,3,4)(H,5,6). The van der Waals surface area contributed by atoms with Gasteiger partial charge in [0.25, 0.3) is 0 Å². The number of carbonyl (C=O) groups excluding carboxylic acids is 1. The Balaban J connectivity index is 0.000000656. The maximum atomic E-state index is 9.04. The Hall–Kier alpha value is -3.76. The molecule has 7 heteroatoms. The quantitative estimate of drug-likeness (QED) is 0.477. The van der Waals surface area contributed by atoms with Crippen molar-refractivity contribution in [1.82, 2.24) is 0 Å². The summed E-state index contributed by atoms with van der Waals surface area (Å²) in [6.07, 6.45) is 5.36. The van der Waals surface area contributed by atoms with E-state index in [2.05, 4.69) is 37.7 Å². The van der Waals surface area contributed by atoms with Crippen LogP contribution < -0.4 is 19.5 Å². The molecule has 2 aromatic rings. The van der Waals surface area contributed by atoms with E-state index in [4.69, 9.17) is 35.7 Å². The minimum atomic E-state index is -2.07. The molecule has 0 spiro atoms. The van der Waals surface area contributed by atoms with Crippen molar-refractivity contribution >= 4 is 17.5 Å². The topological polar surface area (TPSA) is 100 Å². The maximum Gasteiger partial charge on any atom is 0.351 e. The molecule has 0 fully saturated rings. The van der Waals surface area contributed by atoms with Gasteiger partial charge in [0.1, 0.15) is 31.2 Å². The maximum absolute atomic E-state index is 9.04. The van der Waals surface area contributed by atoms with Crippen molar-refractivity contribution in [1.29, 1.82) is 0 Å². The molecule has 0 amide bonds. The van der Waals surface area contributed by atoms with Gasteiger partial charge in [-0.15, -0.1) is 6.42 Å². The molecule has 2 aromatic carbocycles. The zero-order chi connectivity index (χ0) is 22.5. The summed E-state index contributed by atoms with van der Waals surface area (Å²) in [5.41, 5.74) is 3.32. The van der Waals surface area contributed by atoms with Crippen LogP contribution in [0.3, 0.4) is 0 Å². The van der Waals surface area contributed by atoms with Crippen LogP contribution in [0.2, 0.25) is 0 Å². The number of carbonyl (C=O) groups is 2. The Morgan fingerprint density at radius 1 is 1.20 bits per heavy atom. The van der Waals surface area contributed by atoms with Gasteiger partial charge in [0.15, 0.2) is 5.97 Å². The van der Waals surface area contributed by atoms with Crippen LogP contribution >= 0.6 is 0 Å². The molecule has 0 aliphatic rings. The second-order valence-electron chi connectivity index (χ2n) is 6.38. The normalized spacial score (nSPS) is 10.6. The highest BCUT2D eigenvalue weighted by atomic mass is 16.5. The molecule has 0 radical (unpaired) electrons. The van der Waals surface area contributed by atoms with E-state index in [0.29, 0.717) is 13.2 Å². The lowest BCUT2D eigenvalue weighted by molar-refractivity contribution is -0.863. The highest BCUT2D eigenvalue weighted by Gasteiger charge is 2.07. The molecule has 0 aliphatic carbocycles. The number of carboxylic acids is 2. The number of nitrogens with one attached hydrogen (secondary N) is 1. The van der Waals surface area contributed by atoms with Gasteiger partial charge in [-0.2, -0.15) is 0 Å². The van der Waals surface area contributed by atoms with Crippen LogP contribution in [-0.2, 0) is 16.2 Å². The minimum Gasteiger partial charge on any atom is -0.539 e. The van der Waals surface area contributed by atoms with Crippen molar-refractivity contribution in [3.05, 3.63) is 66.2 Å². The third kappa shape index (κ3) is 8.95. The van der Waals surface area contributed by atoms with E-state index in [9.17, 15) is 0 Å². The summed E-state index contributed by atoms with van der Waals surface area (Å²) in [5.74, 6) is 0.302. The lowest BCUT2D eigenvalue weighted by Gasteiger charge is -2.14. The number of benzene rings is 2. The molecule has 2 N–H and O–H groups in total. The summed E-state index contributed by atoms with van der Waals surface area (Å²) in [6, 6.07) is 15.9. The summed E-state index contributed by atoms with van der Waals surface area (Å²) < 4.78 is 11.0. The van der Waals surface area contributed by atoms with Crippen molar-refractivity contribution in [2.45, 2.75) is 6.61 Å². The van der Waals surface area contributed by atoms with E-state index in [1.807, 2.05) is 30.3 Å². The van der Waals surface area contributed by atoms with Gasteiger partial charge in [-0.25, -0.2) is 4.79 Å². The van der Waals surface area contributed by atoms with Gasteiger partial charge in [-0.05, 0) is 47.4 Å². The molecule has 0 saturated heterocycles. The van der Waals surface area contributed by atoms with Crippen molar-refractivity contribution in [3.8, 4) is 23.8 Å². The molecular weight excluding hydrogens is 386 g/mol. The lowest BCUT2D eigenvalue weighted by Crippen LogP contribution is -3.08. The second kappa shape index (κ2) is 12.6. The van der Waals surface area contributed by atoms with Gasteiger partial charge in [-0.3, -0.25) is 0 Å². The van der Waals surface area contributed by atoms with Crippen molar-refractivity contribution < 1.29 is 34.2 Å². The van der Waals surface area contributed by atoms with Crippen LogP contribution in [-0.4, -0.2) is 44.3 Å². The molecule has 0 saturated carbocycles. The van der Waals surface area contributed by atoms with Gasteiger partial charge in [0, 0.05) is 5.57 Å². The average Bonchev–Trinajstić information content (AvgIpc) is 2.73. The third-order valence-corrected chi connectivity index (χ3v) is 3.89. The van der Waals surface area contributed by atoms with Crippen LogP contribution in [0.15, 0.2) is 55.1 Å². The monoisotopic (exact) mass is 411 g/mol. The third-order valence-electron chi connectivity index (χ3n) is 3.89. The van der Waals surface area contributed by atoms with Crippen LogP contribution in [0.5, 0.6) is 11.5 Å². The van der Waals surface area contributed by atoms with E-state index in [0.717, 1.165) is 34.7 Å². The predicted molar refractivity (Wildman–Crippen MR) is 111 cm³/mol. The molecule has 30 heavy (non-hydrogen) atoms. The summed E-state index contributed by atoms with van der Waals surface area (Å²) in [7, 11) is 3.72. The number of methoxy groups -OCH3 is 1. The number of likely N-dealkylation sites (N-methyl/N-ethyl adjacent to an activating group) is 1. The van der Waals surface area contributed by atoms with Gasteiger partial charge in [0.2, 0.25) is 0 Å². The van der Waals surface area contributed by atoms with Gasteiger partial charge in [-0.1, -0.05) is 24.8 Å². The molecular formula is C23H25NO6. The second-order valence-corrected chi connectivity index (χ2v) is 6.38. The Kier molecular flexibility index (Phi) is 10.2. The SMILES string of the molecule is C#CC[NH+](C)CC(=C)c1cccc(COc2ccc(OC)cc2)c1.O=C([O-])C(=O)O. The molecule has 0 aliphatic heterocycles. The van der Waals surface area contributed by atoms with Crippen molar-refractivity contribution in [3.63, 3.8) is 0 Å². The highest BCUT2D eigenvalue weighted by molar-refractivity contribution is 6.26. The van der Waals surface area contributed by atoms with Crippen LogP contribution in [0.4, 0.5) is 0 Å². The van der Waals surface area contributed by atoms with Gasteiger partial charge in [0.05, 0.1) is 14.2 Å². The van der Waals surface area contributed by atoms with E-state index >= 15 is 0 Å². The fourth-order valence-electron chi connectivity index (χ4n) is 2.42. The summed E-state index contributed by atoms with van der Waals surface area (Å²) in [6.45, 7) is 6.22. The van der Waals surface area contributed by atoms with Crippen LogP contribution in [0.1, 0.15) is 11.1 Å². The van der Waals surface area contributed by atoms with Crippen molar-refractivity contribution in [2.75, 3.05) is 27.2 Å². The first-order valence-corrected chi connectivity index (χ1v) is 8.99. The molecule has 158 valence electrons. The number of quaternary nitrogens is 1. The number of ether oxygens (including phenoxy) is 2. The Morgan fingerprint density at radius 2 is 1.80 bits per heavy atom. The average molecular weight is 411 g/mol. The van der Waals surface area contributed by atoms with Gasteiger partial charge < -0.3 is 29.4 Å². The number of hydrogen-bond acceptors (Lipinski definition) is 5. The molecule has 0 bridgehead atoms. The molecule has 1 unspecified atom stereocenters. The van der Waals surface area contributed by atoms with E-state index in [1.54, 1.807) is 7.11 Å². The van der Waals surface area contributed by atoms with E-state index < -0.39 is 11.9 Å². The zero-order valence-corrected chi connectivity index (χ0v) is 17.0. The number of rotatable bonds is 8. The first-order valence-electron chi connectivity index (χ1n) is 8.99. The summed E-state index contributed by atoms with van der Waals surface area (Å²) in [5, 5.41) is 16.3. The lowest BCUT2D eigenvalue weighted by atomic mass is 10.0. The predicted octanol–water partition coefficient (Wildman–Crippen LogP) is 0.256. The van der Waals surface area contributed by atoms with E-state index in [1.165, 1.54) is 4.90 Å². The Bertz CT molecular complexity index is 887. The van der Waals surface area contributed by atoms with Gasteiger partial charge >= 0.3 is 5.97 Å². The molecule has 2 rings (SSSR count). The minimum absolute atomic E-state index is 0.514. The van der Waals surface area contributed by atoms with E-state index in [-0.39, 0.29) is 0 Å². The Morgan fingerprint density at radius 3 is 2.33 bits per heavy atom. The first-order chi connectivity index (χ1) is 14.3. The molecule has 1 atom stereocenters. The largest absolute Gasteiger partial charge is 0.539 e. The summed E-state index contributed by atoms with van der Waals surface area (Å²) >= 11 is 0. The fourth-order valence-corrected chi connectivity index (χ4v) is 2.42. The molecule has 0 aromatic heterocycles.